The van der Waals surface area contributed by atoms with E-state index in [1.165, 1.54) is 16.4 Å². The second kappa shape index (κ2) is 8.03. The van der Waals surface area contributed by atoms with Crippen molar-refractivity contribution >= 4 is 16.0 Å². The predicted molar refractivity (Wildman–Crippen MR) is 106 cm³/mol. The van der Waals surface area contributed by atoms with Crippen molar-refractivity contribution in [3.05, 3.63) is 59.2 Å². The molecule has 0 unspecified atom stereocenters. The Labute approximate surface area is 166 Å². The largest absolute Gasteiger partial charge is 0.423 e. The van der Waals surface area contributed by atoms with Gasteiger partial charge >= 0.3 is 5.97 Å². The lowest BCUT2D eigenvalue weighted by atomic mass is 10.1. The first-order valence-corrected chi connectivity index (χ1v) is 10.7. The van der Waals surface area contributed by atoms with E-state index in [1.54, 1.807) is 24.3 Å². The lowest BCUT2D eigenvalue weighted by Crippen LogP contribution is -2.48. The number of sulfonamides is 1. The first-order chi connectivity index (χ1) is 13.2. The zero-order chi connectivity index (χ0) is 20.5. The molecule has 6 nitrogen and oxygen atoms in total. The summed E-state index contributed by atoms with van der Waals surface area (Å²) in [7, 11) is -3.72. The summed E-state index contributed by atoms with van der Waals surface area (Å²) in [6, 6.07) is 11.3. The highest BCUT2D eigenvalue weighted by molar-refractivity contribution is 7.89. The Hall–Kier alpha value is -2.22. The Morgan fingerprint density at radius 2 is 1.71 bits per heavy atom. The number of hydrogen-bond donors (Lipinski definition) is 0. The maximum Gasteiger partial charge on any atom is 0.343 e. The summed E-state index contributed by atoms with van der Waals surface area (Å²) >= 11 is 0. The van der Waals surface area contributed by atoms with Gasteiger partial charge in [0, 0.05) is 13.1 Å². The van der Waals surface area contributed by atoms with Crippen molar-refractivity contribution in [1.29, 1.82) is 0 Å². The first kappa shape index (κ1) is 20.5. The number of morpholine rings is 1. The van der Waals surface area contributed by atoms with Crippen molar-refractivity contribution in [1.82, 2.24) is 4.31 Å². The topological polar surface area (TPSA) is 72.9 Å². The highest BCUT2D eigenvalue weighted by Gasteiger charge is 2.32. The SMILES string of the molecule is Cc1ccc(OC(=O)c2cccc(S(=O)(=O)N3C[C@@H](C)O[C@H](C)C3)c2)cc1C. The third kappa shape index (κ3) is 4.43. The van der Waals surface area contributed by atoms with Crippen LogP contribution < -0.4 is 4.74 Å². The molecule has 0 spiro atoms. The smallest absolute Gasteiger partial charge is 0.343 e. The summed E-state index contributed by atoms with van der Waals surface area (Å²) in [6.45, 7) is 8.16. The molecule has 1 aliphatic rings. The van der Waals surface area contributed by atoms with E-state index in [9.17, 15) is 13.2 Å². The molecule has 28 heavy (non-hydrogen) atoms. The van der Waals surface area contributed by atoms with Crippen molar-refractivity contribution in [3.8, 4) is 5.75 Å². The van der Waals surface area contributed by atoms with Gasteiger partial charge in [-0.15, -0.1) is 0 Å². The van der Waals surface area contributed by atoms with Gasteiger partial charge in [0.25, 0.3) is 0 Å². The molecule has 1 heterocycles. The van der Waals surface area contributed by atoms with E-state index in [1.807, 2.05) is 33.8 Å². The third-order valence-electron chi connectivity index (χ3n) is 4.78. The molecule has 0 saturated carbocycles. The molecular formula is C21H25NO5S. The second-order valence-electron chi connectivity index (χ2n) is 7.24. The fourth-order valence-electron chi connectivity index (χ4n) is 3.20. The number of rotatable bonds is 4. The van der Waals surface area contributed by atoms with E-state index in [0.717, 1.165) is 11.1 Å². The van der Waals surface area contributed by atoms with Gasteiger partial charge in [0.05, 0.1) is 22.7 Å². The Morgan fingerprint density at radius 3 is 2.36 bits per heavy atom. The minimum atomic E-state index is -3.72. The van der Waals surface area contributed by atoms with Crippen molar-refractivity contribution in [2.45, 2.75) is 44.8 Å². The van der Waals surface area contributed by atoms with E-state index in [4.69, 9.17) is 9.47 Å². The molecule has 1 fully saturated rings. The average Bonchev–Trinajstić information content (AvgIpc) is 2.64. The van der Waals surface area contributed by atoms with Crippen LogP contribution in [0.1, 0.15) is 35.3 Å². The number of carbonyl (C=O) groups is 1. The van der Waals surface area contributed by atoms with Crippen LogP contribution in [-0.2, 0) is 14.8 Å². The zero-order valence-corrected chi connectivity index (χ0v) is 17.3. The molecule has 0 aliphatic carbocycles. The molecule has 0 N–H and O–H groups in total. The Balaban J connectivity index is 1.83. The quantitative estimate of drug-likeness (QED) is 0.578. The summed E-state index contributed by atoms with van der Waals surface area (Å²) < 4.78 is 38.5. The minimum absolute atomic E-state index is 0.0725. The number of aryl methyl sites for hydroxylation is 2. The van der Waals surface area contributed by atoms with Crippen LogP contribution in [-0.4, -0.2) is 44.0 Å². The van der Waals surface area contributed by atoms with Crippen molar-refractivity contribution < 1.29 is 22.7 Å². The van der Waals surface area contributed by atoms with Crippen LogP contribution in [0.2, 0.25) is 0 Å². The number of benzene rings is 2. The Kier molecular flexibility index (Phi) is 5.88. The van der Waals surface area contributed by atoms with Gasteiger partial charge in [-0.25, -0.2) is 13.2 Å². The molecular weight excluding hydrogens is 378 g/mol. The van der Waals surface area contributed by atoms with Crippen LogP contribution in [0.3, 0.4) is 0 Å². The normalized spacial score (nSPS) is 20.7. The molecule has 7 heteroatoms. The summed E-state index contributed by atoms with van der Waals surface area (Å²) in [6.07, 6.45) is -0.368. The molecule has 2 aromatic carbocycles. The van der Waals surface area contributed by atoms with Crippen molar-refractivity contribution in [2.24, 2.45) is 0 Å². The van der Waals surface area contributed by atoms with Crippen LogP contribution in [0, 0.1) is 13.8 Å². The van der Waals surface area contributed by atoms with Gasteiger partial charge in [-0.3, -0.25) is 0 Å². The van der Waals surface area contributed by atoms with E-state index in [2.05, 4.69) is 0 Å². The molecule has 150 valence electrons. The summed E-state index contributed by atoms with van der Waals surface area (Å²) in [5.74, 6) is -0.166. The van der Waals surface area contributed by atoms with Gasteiger partial charge in [0.1, 0.15) is 5.75 Å². The highest BCUT2D eigenvalue weighted by Crippen LogP contribution is 2.23. The van der Waals surface area contributed by atoms with Crippen LogP contribution in [0.5, 0.6) is 5.75 Å². The number of carbonyl (C=O) groups excluding carboxylic acids is 1. The number of hydrogen-bond acceptors (Lipinski definition) is 5. The molecule has 3 rings (SSSR count). The molecule has 1 saturated heterocycles. The van der Waals surface area contributed by atoms with Crippen LogP contribution in [0.15, 0.2) is 47.4 Å². The summed E-state index contributed by atoms with van der Waals surface area (Å²) in [5.41, 5.74) is 2.30. The van der Waals surface area contributed by atoms with Gasteiger partial charge in [-0.05, 0) is 69.2 Å². The van der Waals surface area contributed by atoms with Gasteiger partial charge in [-0.1, -0.05) is 12.1 Å². The molecule has 0 aromatic heterocycles. The van der Waals surface area contributed by atoms with Gasteiger partial charge in [0.2, 0.25) is 10.0 Å². The minimum Gasteiger partial charge on any atom is -0.423 e. The Bertz CT molecular complexity index is 976. The number of esters is 1. The lowest BCUT2D eigenvalue weighted by molar-refractivity contribution is -0.0440. The van der Waals surface area contributed by atoms with Crippen LogP contribution >= 0.6 is 0 Å². The molecule has 2 atom stereocenters. The second-order valence-corrected chi connectivity index (χ2v) is 9.18. The van der Waals surface area contributed by atoms with Gasteiger partial charge in [-0.2, -0.15) is 4.31 Å². The lowest BCUT2D eigenvalue weighted by Gasteiger charge is -2.34. The number of nitrogens with zero attached hydrogens (tertiary/aromatic N) is 1. The van der Waals surface area contributed by atoms with E-state index < -0.39 is 16.0 Å². The molecule has 0 amide bonds. The third-order valence-corrected chi connectivity index (χ3v) is 6.61. The van der Waals surface area contributed by atoms with Crippen molar-refractivity contribution in [2.75, 3.05) is 13.1 Å². The van der Waals surface area contributed by atoms with Gasteiger partial charge in [0.15, 0.2) is 0 Å². The fraction of sp³-hybridized carbons (Fsp3) is 0.381. The summed E-state index contributed by atoms with van der Waals surface area (Å²) in [5, 5.41) is 0. The average molecular weight is 404 g/mol. The molecule has 0 bridgehead atoms. The maximum absolute atomic E-state index is 13.0. The monoisotopic (exact) mass is 403 g/mol. The molecule has 1 aliphatic heterocycles. The zero-order valence-electron chi connectivity index (χ0n) is 16.5. The van der Waals surface area contributed by atoms with E-state index in [0.29, 0.717) is 5.75 Å². The van der Waals surface area contributed by atoms with Crippen LogP contribution in [0.25, 0.3) is 0 Å². The van der Waals surface area contributed by atoms with E-state index in [-0.39, 0.29) is 35.8 Å². The van der Waals surface area contributed by atoms with Crippen molar-refractivity contribution in [3.63, 3.8) is 0 Å². The summed E-state index contributed by atoms with van der Waals surface area (Å²) in [4.78, 5) is 12.6. The first-order valence-electron chi connectivity index (χ1n) is 9.22. The number of ether oxygens (including phenoxy) is 2. The standard InChI is InChI=1S/C21H25NO5S/c1-14-8-9-19(10-15(14)2)27-21(23)18-6-5-7-20(11-18)28(24,25)22-12-16(3)26-17(4)13-22/h5-11,16-17H,12-13H2,1-4H3/t16-,17-/m1/s1. The van der Waals surface area contributed by atoms with E-state index >= 15 is 0 Å². The highest BCUT2D eigenvalue weighted by atomic mass is 32.2. The van der Waals surface area contributed by atoms with Gasteiger partial charge < -0.3 is 9.47 Å². The fourth-order valence-corrected chi connectivity index (χ4v) is 4.84. The molecule has 0 radical (unpaired) electrons. The molecule has 2 aromatic rings. The van der Waals surface area contributed by atoms with Crippen LogP contribution in [0.4, 0.5) is 0 Å². The Morgan fingerprint density at radius 1 is 1.04 bits per heavy atom. The maximum atomic E-state index is 13.0. The predicted octanol–water partition coefficient (Wildman–Crippen LogP) is 3.32.